The molecule has 4 N–H and O–H groups in total. The number of carbonyl (C=O) groups is 1. The summed E-state index contributed by atoms with van der Waals surface area (Å²) in [7, 11) is 0. The smallest absolute Gasteiger partial charge is 0.226 e. The number of anilines is 1. The van der Waals surface area contributed by atoms with Gasteiger partial charge in [-0.3, -0.25) is 4.79 Å². The lowest BCUT2D eigenvalue weighted by Crippen LogP contribution is -2.54. The number of aliphatic hydroxyl groups excluding tert-OH is 3. The summed E-state index contributed by atoms with van der Waals surface area (Å²) < 4.78 is 28.5. The number of hydrogen-bond donors (Lipinski definition) is 4. The highest BCUT2D eigenvalue weighted by Crippen LogP contribution is 2.36. The van der Waals surface area contributed by atoms with Gasteiger partial charge in [0.15, 0.2) is 6.23 Å². The Balaban J connectivity index is 1.14. The minimum absolute atomic E-state index is 0.00792. The molecule has 1 amide bonds. The van der Waals surface area contributed by atoms with E-state index in [-0.39, 0.29) is 23.7 Å². The summed E-state index contributed by atoms with van der Waals surface area (Å²) in [5.74, 6) is 2.64. The SMILES string of the molecule is C#CCOCCOCCOCCOCCNC(=O)C1CN(c2nc(Cl)nc3c2ccn3[C@@H]2O[C@H](CO)[C@@H](O)[C@H]2O)C1. The number of hydrogen-bond acceptors (Lipinski definition) is 12. The Kier molecular flexibility index (Phi) is 11.9. The summed E-state index contributed by atoms with van der Waals surface area (Å²) >= 11 is 6.20. The number of aromatic nitrogens is 3. The van der Waals surface area contributed by atoms with E-state index in [4.69, 9.17) is 41.7 Å². The number of terminal acetylenes is 1. The van der Waals surface area contributed by atoms with E-state index in [9.17, 15) is 20.1 Å². The van der Waals surface area contributed by atoms with Gasteiger partial charge in [-0.1, -0.05) is 5.92 Å². The van der Waals surface area contributed by atoms with Crippen molar-refractivity contribution in [3.8, 4) is 12.3 Å². The zero-order valence-corrected chi connectivity index (χ0v) is 23.3. The van der Waals surface area contributed by atoms with Crippen LogP contribution in [-0.4, -0.2) is 133 Å². The van der Waals surface area contributed by atoms with Gasteiger partial charge >= 0.3 is 0 Å². The Morgan fingerprint density at radius 3 is 2.37 bits per heavy atom. The van der Waals surface area contributed by atoms with Crippen LogP contribution in [0.15, 0.2) is 12.3 Å². The Bertz CT molecular complexity index is 1170. The van der Waals surface area contributed by atoms with E-state index < -0.39 is 31.1 Å². The number of carbonyl (C=O) groups excluding carboxylic acids is 1. The Labute approximate surface area is 242 Å². The monoisotopic (exact) mass is 597 g/mol. The van der Waals surface area contributed by atoms with Crippen molar-refractivity contribution < 1.29 is 43.8 Å². The van der Waals surface area contributed by atoms with Crippen LogP contribution in [0.1, 0.15) is 6.23 Å². The van der Waals surface area contributed by atoms with Gasteiger partial charge in [-0.05, 0) is 17.7 Å². The fourth-order valence-electron chi connectivity index (χ4n) is 4.55. The molecule has 2 fully saturated rings. The van der Waals surface area contributed by atoms with E-state index in [1.165, 1.54) is 0 Å². The fraction of sp³-hybridized carbons (Fsp3) is 0.654. The van der Waals surface area contributed by atoms with E-state index in [2.05, 4.69) is 21.2 Å². The third-order valence-electron chi connectivity index (χ3n) is 6.71. The molecule has 41 heavy (non-hydrogen) atoms. The molecule has 15 heteroatoms. The van der Waals surface area contributed by atoms with Crippen molar-refractivity contribution >= 4 is 34.4 Å². The lowest BCUT2D eigenvalue weighted by Gasteiger charge is -2.39. The van der Waals surface area contributed by atoms with Gasteiger partial charge in [-0.2, -0.15) is 9.97 Å². The topological polar surface area (TPSA) is 170 Å². The molecule has 4 rings (SSSR count). The van der Waals surface area contributed by atoms with Crippen LogP contribution in [-0.2, 0) is 28.5 Å². The van der Waals surface area contributed by atoms with Gasteiger partial charge in [0, 0.05) is 25.8 Å². The fourth-order valence-corrected chi connectivity index (χ4v) is 4.71. The van der Waals surface area contributed by atoms with Crippen molar-refractivity contribution in [3.05, 3.63) is 17.5 Å². The number of nitrogens with zero attached hydrogens (tertiary/aromatic N) is 4. The maximum atomic E-state index is 12.6. The summed E-state index contributed by atoms with van der Waals surface area (Å²) in [5.41, 5.74) is 0.405. The lowest BCUT2D eigenvalue weighted by molar-refractivity contribution is -0.126. The molecule has 0 bridgehead atoms. The normalized spacial score (nSPS) is 22.7. The molecular weight excluding hydrogens is 562 g/mol. The van der Waals surface area contributed by atoms with Crippen molar-refractivity contribution in [2.24, 2.45) is 5.92 Å². The highest BCUT2D eigenvalue weighted by atomic mass is 35.5. The van der Waals surface area contributed by atoms with Crippen LogP contribution in [0.3, 0.4) is 0 Å². The third-order valence-corrected chi connectivity index (χ3v) is 6.88. The molecule has 0 spiro atoms. The molecule has 0 aromatic carbocycles. The van der Waals surface area contributed by atoms with E-state index in [1.54, 1.807) is 16.8 Å². The first-order chi connectivity index (χ1) is 19.9. The van der Waals surface area contributed by atoms with Gasteiger partial charge in [0.25, 0.3) is 0 Å². The van der Waals surface area contributed by atoms with Crippen molar-refractivity contribution in [1.82, 2.24) is 19.9 Å². The first-order valence-corrected chi connectivity index (χ1v) is 13.8. The Morgan fingerprint density at radius 2 is 1.73 bits per heavy atom. The quantitative estimate of drug-likeness (QED) is 0.0992. The summed E-state index contributed by atoms with van der Waals surface area (Å²) in [6.07, 6.45) is 2.36. The number of ether oxygens (including phenoxy) is 5. The van der Waals surface area contributed by atoms with E-state index >= 15 is 0 Å². The predicted octanol–water partition coefficient (Wildman–Crippen LogP) is -1.05. The largest absolute Gasteiger partial charge is 0.394 e. The molecule has 14 nitrogen and oxygen atoms in total. The molecule has 4 heterocycles. The van der Waals surface area contributed by atoms with Crippen LogP contribution < -0.4 is 10.2 Å². The molecule has 0 unspecified atom stereocenters. The van der Waals surface area contributed by atoms with Gasteiger partial charge < -0.3 is 53.8 Å². The van der Waals surface area contributed by atoms with Crippen LogP contribution in [0.5, 0.6) is 0 Å². The number of halogens is 1. The molecule has 4 atom stereocenters. The van der Waals surface area contributed by atoms with Gasteiger partial charge in [0.2, 0.25) is 11.2 Å². The number of rotatable bonds is 17. The Morgan fingerprint density at radius 1 is 1.07 bits per heavy atom. The van der Waals surface area contributed by atoms with Gasteiger partial charge in [-0.25, -0.2) is 0 Å². The van der Waals surface area contributed by atoms with E-state index in [0.29, 0.717) is 82.7 Å². The minimum Gasteiger partial charge on any atom is -0.394 e. The van der Waals surface area contributed by atoms with Crippen molar-refractivity contribution in [2.45, 2.75) is 24.5 Å². The van der Waals surface area contributed by atoms with Crippen LogP contribution in [0, 0.1) is 18.3 Å². The summed E-state index contributed by atoms with van der Waals surface area (Å²) in [4.78, 5) is 23.1. The second kappa shape index (κ2) is 15.6. The zero-order chi connectivity index (χ0) is 29.2. The maximum Gasteiger partial charge on any atom is 0.226 e. The summed E-state index contributed by atoms with van der Waals surface area (Å²) in [6, 6.07) is 1.76. The summed E-state index contributed by atoms with van der Waals surface area (Å²) in [5, 5.41) is 33.5. The second-order valence-electron chi connectivity index (χ2n) is 9.49. The predicted molar refractivity (Wildman–Crippen MR) is 146 cm³/mol. The van der Waals surface area contributed by atoms with Crippen LogP contribution in [0.25, 0.3) is 11.0 Å². The number of nitrogens with one attached hydrogen (secondary N) is 1. The molecule has 0 radical (unpaired) electrons. The van der Waals surface area contributed by atoms with Crippen LogP contribution in [0.2, 0.25) is 5.28 Å². The standard InChI is InChI=1S/C26H36ClN5O9/c1-2-6-37-8-10-39-12-13-40-11-9-38-7-4-28-24(36)17-14-31(15-17)22-18-3-5-32(23(18)30-26(27)29-22)25-21(35)20(34)19(16-33)41-25/h1,3,5,17,19-21,25,33-35H,4,6-16H2,(H,28,36)/t19-,20-,21-,25-/m1/s1. The molecule has 0 saturated carbocycles. The van der Waals surface area contributed by atoms with Crippen molar-refractivity contribution in [1.29, 1.82) is 0 Å². The molecule has 2 saturated heterocycles. The van der Waals surface area contributed by atoms with E-state index in [1.807, 2.05) is 4.90 Å². The van der Waals surface area contributed by atoms with Crippen LogP contribution in [0.4, 0.5) is 5.82 Å². The average molecular weight is 598 g/mol. The number of aliphatic hydroxyl groups is 3. The first-order valence-electron chi connectivity index (χ1n) is 13.4. The molecule has 2 aromatic heterocycles. The Hall–Kier alpha value is -2.58. The first kappa shape index (κ1) is 31.4. The molecule has 2 aromatic rings. The number of fused-ring (bicyclic) bond motifs is 1. The molecule has 226 valence electrons. The van der Waals surface area contributed by atoms with Crippen molar-refractivity contribution in [2.75, 3.05) is 84.0 Å². The van der Waals surface area contributed by atoms with Gasteiger partial charge in [-0.15, -0.1) is 6.42 Å². The maximum absolute atomic E-state index is 12.6. The molecular formula is C26H36ClN5O9. The molecule has 0 aliphatic carbocycles. The van der Waals surface area contributed by atoms with Gasteiger partial charge in [0.1, 0.15) is 36.4 Å². The van der Waals surface area contributed by atoms with E-state index in [0.717, 1.165) is 0 Å². The lowest BCUT2D eigenvalue weighted by atomic mass is 9.99. The average Bonchev–Trinajstić information content (AvgIpc) is 3.47. The summed E-state index contributed by atoms with van der Waals surface area (Å²) in [6.45, 7) is 4.13. The van der Waals surface area contributed by atoms with Crippen LogP contribution >= 0.6 is 11.6 Å². The number of amides is 1. The second-order valence-corrected chi connectivity index (χ2v) is 9.83. The minimum atomic E-state index is -1.26. The highest BCUT2D eigenvalue weighted by molar-refractivity contribution is 6.28. The van der Waals surface area contributed by atoms with Crippen molar-refractivity contribution in [3.63, 3.8) is 0 Å². The third kappa shape index (κ3) is 8.04. The highest BCUT2D eigenvalue weighted by Gasteiger charge is 2.44. The molecule has 2 aliphatic heterocycles. The molecule has 2 aliphatic rings. The van der Waals surface area contributed by atoms with Gasteiger partial charge in [0.05, 0.1) is 64.2 Å². The zero-order valence-electron chi connectivity index (χ0n) is 22.6.